The highest BCUT2D eigenvalue weighted by Crippen LogP contribution is 2.53. The van der Waals surface area contributed by atoms with E-state index >= 15 is 0 Å². The molecule has 2 nitrogen and oxygen atoms in total. The lowest BCUT2D eigenvalue weighted by Gasteiger charge is -2.22. The van der Waals surface area contributed by atoms with E-state index in [0.717, 1.165) is 0 Å². The SMILES string of the molecule is CC1(C)c2cc(-c3cc4c(s3)c3sccc3n4-c3ccccc3)ccc2-c2ccc(-c3cc4c(s3)c3sccc3n4-c3ccccc3)cc21. The molecule has 0 fully saturated rings. The lowest BCUT2D eigenvalue weighted by Crippen LogP contribution is -2.15. The van der Waals surface area contributed by atoms with E-state index in [0.29, 0.717) is 0 Å². The lowest BCUT2D eigenvalue weighted by molar-refractivity contribution is 0.661. The number of nitrogens with zero attached hydrogens (tertiary/aromatic N) is 2. The summed E-state index contributed by atoms with van der Waals surface area (Å²) in [5.74, 6) is 0. The Hall–Kier alpha value is -4.72. The zero-order valence-corrected chi connectivity index (χ0v) is 30.0. The summed E-state index contributed by atoms with van der Waals surface area (Å²) in [5.41, 5.74) is 15.6. The van der Waals surface area contributed by atoms with Gasteiger partial charge in [0.05, 0.1) is 40.9 Å². The topological polar surface area (TPSA) is 9.86 Å². The second-order valence-electron chi connectivity index (χ2n) is 13.4. The Balaban J connectivity index is 1.01. The maximum atomic E-state index is 2.47. The first-order valence-electron chi connectivity index (χ1n) is 16.5. The first kappa shape index (κ1) is 28.2. The van der Waals surface area contributed by atoms with E-state index in [2.05, 4.69) is 155 Å². The molecule has 0 N–H and O–H groups in total. The fraction of sp³-hybridized carbons (Fsp3) is 0.0698. The lowest BCUT2D eigenvalue weighted by atomic mass is 9.81. The Morgan fingerprint density at radius 3 is 1.35 bits per heavy atom. The van der Waals surface area contributed by atoms with E-state index in [1.54, 1.807) is 0 Å². The van der Waals surface area contributed by atoms with Crippen LogP contribution < -0.4 is 0 Å². The van der Waals surface area contributed by atoms with Crippen LogP contribution in [0.5, 0.6) is 0 Å². The molecule has 6 heterocycles. The van der Waals surface area contributed by atoms with Crippen molar-refractivity contribution in [1.29, 1.82) is 0 Å². The number of para-hydroxylation sites is 2. The van der Waals surface area contributed by atoms with Gasteiger partial charge in [-0.3, -0.25) is 0 Å². The molecule has 10 aromatic rings. The number of rotatable bonds is 4. The van der Waals surface area contributed by atoms with Crippen LogP contribution in [-0.4, -0.2) is 9.13 Å². The minimum atomic E-state index is -0.106. The van der Waals surface area contributed by atoms with E-state index < -0.39 is 0 Å². The molecule has 1 aliphatic rings. The van der Waals surface area contributed by atoms with Gasteiger partial charge in [0.15, 0.2) is 0 Å². The van der Waals surface area contributed by atoms with Crippen LogP contribution in [-0.2, 0) is 5.41 Å². The smallest absolute Gasteiger partial charge is 0.0711 e. The van der Waals surface area contributed by atoms with Crippen molar-refractivity contribution in [3.8, 4) is 43.4 Å². The van der Waals surface area contributed by atoms with Gasteiger partial charge in [-0.1, -0.05) is 74.5 Å². The van der Waals surface area contributed by atoms with Gasteiger partial charge in [-0.2, -0.15) is 0 Å². The summed E-state index contributed by atoms with van der Waals surface area (Å²) in [6.45, 7) is 4.80. The van der Waals surface area contributed by atoms with Gasteiger partial charge in [-0.05, 0) is 105 Å². The zero-order chi connectivity index (χ0) is 32.4. The molecule has 0 aliphatic heterocycles. The average Bonchev–Trinajstić information content (AvgIpc) is 3.98. The molecule has 4 aromatic carbocycles. The molecular formula is C43H28N2S4. The highest BCUT2D eigenvalue weighted by atomic mass is 32.1. The zero-order valence-electron chi connectivity index (χ0n) is 26.7. The van der Waals surface area contributed by atoms with E-state index in [1.165, 1.54) is 95.4 Å². The number of thiophene rings is 4. The normalized spacial score (nSPS) is 13.7. The van der Waals surface area contributed by atoms with Crippen molar-refractivity contribution < 1.29 is 0 Å². The summed E-state index contributed by atoms with van der Waals surface area (Å²) in [6.07, 6.45) is 0. The molecule has 0 unspecified atom stereocenters. The molecule has 11 rings (SSSR count). The van der Waals surface area contributed by atoms with Gasteiger partial charge in [0.1, 0.15) is 0 Å². The molecule has 0 amide bonds. The van der Waals surface area contributed by atoms with Crippen LogP contribution in [0.15, 0.2) is 132 Å². The summed E-state index contributed by atoms with van der Waals surface area (Å²) < 4.78 is 10.3. The number of benzene rings is 4. The van der Waals surface area contributed by atoms with Crippen LogP contribution in [0.2, 0.25) is 0 Å². The third-order valence-corrected chi connectivity index (χ3v) is 14.8. The summed E-state index contributed by atoms with van der Waals surface area (Å²) >= 11 is 7.53. The molecule has 0 bridgehead atoms. The minimum Gasteiger partial charge on any atom is -0.307 e. The fourth-order valence-electron chi connectivity index (χ4n) is 8.02. The summed E-state index contributed by atoms with van der Waals surface area (Å²) in [4.78, 5) is 2.65. The summed E-state index contributed by atoms with van der Waals surface area (Å²) in [5, 5.41) is 4.43. The Morgan fingerprint density at radius 1 is 0.449 bits per heavy atom. The highest BCUT2D eigenvalue weighted by molar-refractivity contribution is 7.29. The molecule has 0 saturated heterocycles. The molecule has 0 radical (unpaired) electrons. The van der Waals surface area contributed by atoms with Crippen molar-refractivity contribution in [3.05, 3.63) is 143 Å². The minimum absolute atomic E-state index is 0.106. The van der Waals surface area contributed by atoms with Crippen molar-refractivity contribution in [2.24, 2.45) is 0 Å². The molecular weight excluding hydrogens is 673 g/mol. The van der Waals surface area contributed by atoms with E-state index in [4.69, 9.17) is 0 Å². The second-order valence-corrected chi connectivity index (χ2v) is 17.3. The van der Waals surface area contributed by atoms with Crippen molar-refractivity contribution in [3.63, 3.8) is 0 Å². The molecule has 6 aromatic heterocycles. The second kappa shape index (κ2) is 10.2. The van der Waals surface area contributed by atoms with Crippen molar-refractivity contribution in [2.45, 2.75) is 19.3 Å². The quantitative estimate of drug-likeness (QED) is 0.173. The predicted octanol–water partition coefficient (Wildman–Crippen LogP) is 13.8. The first-order chi connectivity index (χ1) is 24.0. The van der Waals surface area contributed by atoms with Gasteiger partial charge in [0.2, 0.25) is 0 Å². The number of fused-ring (bicyclic) bond motifs is 9. The standard InChI is InChI=1S/C43H28N2S4/c1-43(2)31-21-25(37-23-35-41(48-37)39-33(17-19-46-39)44(35)27-9-5-3-6-10-27)13-15-29(31)30-16-14-26(22-32(30)43)38-24-36-42(49-38)40-34(18-20-47-40)45(36)28-11-7-4-8-12-28/h3-24H,1-2H3. The largest absolute Gasteiger partial charge is 0.307 e. The van der Waals surface area contributed by atoms with Crippen LogP contribution in [0, 0.1) is 0 Å². The third kappa shape index (κ3) is 3.91. The van der Waals surface area contributed by atoms with Gasteiger partial charge in [-0.25, -0.2) is 0 Å². The molecule has 1 aliphatic carbocycles. The predicted molar refractivity (Wildman–Crippen MR) is 215 cm³/mol. The third-order valence-electron chi connectivity index (χ3n) is 10.4. The molecule has 6 heteroatoms. The Labute approximate surface area is 299 Å². The summed E-state index contributed by atoms with van der Waals surface area (Å²) in [6, 6.07) is 45.2. The molecule has 0 saturated carbocycles. The molecule has 49 heavy (non-hydrogen) atoms. The van der Waals surface area contributed by atoms with Gasteiger partial charge in [-0.15, -0.1) is 45.3 Å². The van der Waals surface area contributed by atoms with Crippen LogP contribution in [0.4, 0.5) is 0 Å². The van der Waals surface area contributed by atoms with E-state index in [9.17, 15) is 0 Å². The number of aromatic nitrogens is 2. The van der Waals surface area contributed by atoms with Gasteiger partial charge in [0, 0.05) is 26.5 Å². The van der Waals surface area contributed by atoms with E-state index in [-0.39, 0.29) is 5.41 Å². The van der Waals surface area contributed by atoms with E-state index in [1.807, 2.05) is 45.3 Å². The van der Waals surface area contributed by atoms with Crippen molar-refractivity contribution in [1.82, 2.24) is 9.13 Å². The Kier molecular flexibility index (Phi) is 5.83. The van der Waals surface area contributed by atoms with Crippen LogP contribution in [0.25, 0.3) is 84.2 Å². The molecule has 0 atom stereocenters. The maximum Gasteiger partial charge on any atom is 0.0711 e. The van der Waals surface area contributed by atoms with Crippen LogP contribution in [0.3, 0.4) is 0 Å². The molecule has 0 spiro atoms. The highest BCUT2D eigenvalue weighted by Gasteiger charge is 2.36. The van der Waals surface area contributed by atoms with Crippen molar-refractivity contribution in [2.75, 3.05) is 0 Å². The maximum absolute atomic E-state index is 2.47. The fourth-order valence-corrected chi connectivity index (χ4v) is 12.4. The Morgan fingerprint density at radius 2 is 0.898 bits per heavy atom. The number of hydrogen-bond acceptors (Lipinski definition) is 4. The monoisotopic (exact) mass is 700 g/mol. The Bertz CT molecular complexity index is 2710. The van der Waals surface area contributed by atoms with Crippen LogP contribution in [0.1, 0.15) is 25.0 Å². The average molecular weight is 701 g/mol. The van der Waals surface area contributed by atoms with Gasteiger partial charge < -0.3 is 9.13 Å². The first-order valence-corrected chi connectivity index (χ1v) is 19.9. The van der Waals surface area contributed by atoms with Crippen LogP contribution >= 0.6 is 45.3 Å². The van der Waals surface area contributed by atoms with Crippen molar-refractivity contribution >= 4 is 86.2 Å². The van der Waals surface area contributed by atoms with Gasteiger partial charge in [0.25, 0.3) is 0 Å². The number of hydrogen-bond donors (Lipinski definition) is 0. The van der Waals surface area contributed by atoms with Gasteiger partial charge >= 0.3 is 0 Å². The summed E-state index contributed by atoms with van der Waals surface area (Å²) in [7, 11) is 0. The molecule has 234 valence electrons.